The summed E-state index contributed by atoms with van der Waals surface area (Å²) in [5, 5.41) is 18.7. The molecule has 0 fully saturated rings. The summed E-state index contributed by atoms with van der Waals surface area (Å²) in [6, 6.07) is 0. The van der Waals surface area contributed by atoms with Crippen molar-refractivity contribution >= 4 is 11.8 Å². The summed E-state index contributed by atoms with van der Waals surface area (Å²) >= 11 is 0. The maximum Gasteiger partial charge on any atom is 0.304 e. The molecule has 1 aliphatic rings. The van der Waals surface area contributed by atoms with Gasteiger partial charge in [0.25, 0.3) is 0 Å². The van der Waals surface area contributed by atoms with Gasteiger partial charge in [-0.15, -0.1) is 0 Å². The topological polar surface area (TPSA) is 74.6 Å². The molecule has 3 unspecified atom stereocenters. The number of hydrogen-bond acceptors (Lipinski definition) is 3. The van der Waals surface area contributed by atoms with Crippen molar-refractivity contribution in [3.63, 3.8) is 0 Å². The summed E-state index contributed by atoms with van der Waals surface area (Å²) in [4.78, 5) is 22.9. The highest BCUT2D eigenvalue weighted by atomic mass is 16.4. The van der Waals surface area contributed by atoms with Crippen molar-refractivity contribution < 1.29 is 19.8 Å². The first-order valence-corrected chi connectivity index (χ1v) is 8.07. The van der Waals surface area contributed by atoms with Crippen molar-refractivity contribution in [2.45, 2.75) is 71.3 Å². The number of carbonyl (C=O) groups is 2. The zero-order valence-corrected chi connectivity index (χ0v) is 13.2. The summed E-state index contributed by atoms with van der Waals surface area (Å²) in [5.74, 6) is -0.874. The van der Waals surface area contributed by atoms with E-state index in [0.717, 1.165) is 31.3 Å². The first-order valence-electron chi connectivity index (χ1n) is 8.07. The molecule has 4 heteroatoms. The Labute approximate surface area is 127 Å². The lowest BCUT2D eigenvalue weighted by Gasteiger charge is -2.17. The van der Waals surface area contributed by atoms with Crippen LogP contribution < -0.4 is 0 Å². The van der Waals surface area contributed by atoms with E-state index in [-0.39, 0.29) is 24.0 Å². The van der Waals surface area contributed by atoms with Crippen LogP contribution in [-0.2, 0) is 9.59 Å². The van der Waals surface area contributed by atoms with Gasteiger partial charge in [0.15, 0.2) is 0 Å². The Morgan fingerprint density at radius 3 is 2.71 bits per heavy atom. The summed E-state index contributed by atoms with van der Waals surface area (Å²) in [7, 11) is 0. The Morgan fingerprint density at radius 1 is 1.38 bits per heavy atom. The van der Waals surface area contributed by atoms with Gasteiger partial charge in [-0.2, -0.15) is 0 Å². The van der Waals surface area contributed by atoms with Gasteiger partial charge in [-0.25, -0.2) is 0 Å². The molecule has 2 N–H and O–H groups in total. The number of aliphatic hydroxyl groups is 1. The van der Waals surface area contributed by atoms with Crippen LogP contribution in [0.3, 0.4) is 0 Å². The molecule has 0 aromatic rings. The summed E-state index contributed by atoms with van der Waals surface area (Å²) in [5.41, 5.74) is 0.944. The smallest absolute Gasteiger partial charge is 0.304 e. The van der Waals surface area contributed by atoms with Crippen LogP contribution in [-0.4, -0.2) is 28.1 Å². The van der Waals surface area contributed by atoms with Gasteiger partial charge in [0.05, 0.1) is 12.5 Å². The molecule has 0 aromatic heterocycles. The molecular formula is C17H28O4. The predicted molar refractivity (Wildman–Crippen MR) is 82.0 cm³/mol. The van der Waals surface area contributed by atoms with Crippen molar-refractivity contribution in [3.8, 4) is 0 Å². The Kier molecular flexibility index (Phi) is 7.65. The van der Waals surface area contributed by atoms with Crippen LogP contribution in [0.2, 0.25) is 0 Å². The third kappa shape index (κ3) is 6.00. The van der Waals surface area contributed by atoms with Crippen LogP contribution in [0.25, 0.3) is 0 Å². The lowest BCUT2D eigenvalue weighted by molar-refractivity contribution is -0.138. The Hall–Kier alpha value is -1.16. The molecule has 0 saturated heterocycles. The van der Waals surface area contributed by atoms with Gasteiger partial charge in [0.2, 0.25) is 0 Å². The largest absolute Gasteiger partial charge is 0.481 e. The number of Topliss-reactive ketones (excluding diaryl/α,β-unsaturated/α-hetero) is 1. The fraction of sp³-hybridized carbons (Fsp3) is 0.765. The molecule has 0 saturated carbocycles. The molecule has 120 valence electrons. The second-order valence-corrected chi connectivity index (χ2v) is 6.15. The van der Waals surface area contributed by atoms with Crippen molar-refractivity contribution in [1.29, 1.82) is 0 Å². The van der Waals surface area contributed by atoms with Gasteiger partial charge in [-0.05, 0) is 19.3 Å². The van der Waals surface area contributed by atoms with E-state index in [2.05, 4.69) is 6.92 Å². The van der Waals surface area contributed by atoms with Crippen LogP contribution in [0.5, 0.6) is 0 Å². The van der Waals surface area contributed by atoms with E-state index >= 15 is 0 Å². The van der Waals surface area contributed by atoms with E-state index in [1.807, 2.05) is 13.0 Å². The molecule has 3 atom stereocenters. The van der Waals surface area contributed by atoms with Crippen LogP contribution in [0.1, 0.15) is 65.2 Å². The number of ketones is 1. The fourth-order valence-electron chi connectivity index (χ4n) is 2.95. The van der Waals surface area contributed by atoms with Crippen LogP contribution in [0, 0.1) is 11.8 Å². The molecule has 4 nitrogen and oxygen atoms in total. The minimum Gasteiger partial charge on any atom is -0.481 e. The van der Waals surface area contributed by atoms with E-state index in [0.29, 0.717) is 19.3 Å². The number of aliphatic hydroxyl groups excluding tert-OH is 1. The lowest BCUT2D eigenvalue weighted by Crippen LogP contribution is -2.21. The Morgan fingerprint density at radius 2 is 2.10 bits per heavy atom. The van der Waals surface area contributed by atoms with E-state index in [9.17, 15) is 14.7 Å². The second-order valence-electron chi connectivity index (χ2n) is 6.15. The molecule has 0 radical (unpaired) electrons. The van der Waals surface area contributed by atoms with Crippen molar-refractivity contribution in [3.05, 3.63) is 11.6 Å². The molecule has 1 rings (SSSR count). The molecule has 0 spiro atoms. The fourth-order valence-corrected chi connectivity index (χ4v) is 2.95. The standard InChI is InChI=1S/C17H28O4/c1-3-4-5-6-12(2)15(18)9-7-13-8-10-16(19)14(13)11-17(20)21/h8,12,14,16,19H,3-7,9-11H2,1-2H3,(H,20,21). The highest BCUT2D eigenvalue weighted by Gasteiger charge is 2.30. The average Bonchev–Trinajstić information content (AvgIpc) is 2.77. The summed E-state index contributed by atoms with van der Waals surface area (Å²) in [6.07, 6.45) is 7.16. The monoisotopic (exact) mass is 296 g/mol. The number of hydrogen-bond donors (Lipinski definition) is 2. The van der Waals surface area contributed by atoms with Crippen molar-refractivity contribution in [2.75, 3.05) is 0 Å². The molecule has 0 heterocycles. The van der Waals surface area contributed by atoms with Gasteiger partial charge in [0.1, 0.15) is 5.78 Å². The number of carboxylic acid groups (broad SMARTS) is 1. The number of rotatable bonds is 10. The summed E-state index contributed by atoms with van der Waals surface area (Å²) < 4.78 is 0. The first-order chi connectivity index (χ1) is 9.95. The molecule has 0 aliphatic heterocycles. The lowest BCUT2D eigenvalue weighted by atomic mass is 9.89. The van der Waals surface area contributed by atoms with Gasteiger partial charge in [0, 0.05) is 18.3 Å². The molecule has 0 amide bonds. The quantitative estimate of drug-likeness (QED) is 0.479. The Balaban J connectivity index is 2.39. The number of carboxylic acids is 1. The predicted octanol–water partition coefficient (Wildman–Crippen LogP) is 3.33. The SMILES string of the molecule is CCCCCC(C)C(=O)CCC1=CCC(O)C1CC(=O)O. The molecule has 0 bridgehead atoms. The van der Waals surface area contributed by atoms with Crippen LogP contribution >= 0.6 is 0 Å². The van der Waals surface area contributed by atoms with Gasteiger partial charge in [-0.1, -0.05) is 44.8 Å². The molecule has 1 aliphatic carbocycles. The van der Waals surface area contributed by atoms with Crippen molar-refractivity contribution in [2.24, 2.45) is 11.8 Å². The number of carbonyl (C=O) groups excluding carboxylic acids is 1. The first kappa shape index (κ1) is 17.9. The molecule has 21 heavy (non-hydrogen) atoms. The van der Waals surface area contributed by atoms with Gasteiger partial charge >= 0.3 is 5.97 Å². The minimum atomic E-state index is -0.897. The minimum absolute atomic E-state index is 0.0484. The zero-order chi connectivity index (χ0) is 15.8. The van der Waals surface area contributed by atoms with Crippen molar-refractivity contribution in [1.82, 2.24) is 0 Å². The zero-order valence-electron chi connectivity index (χ0n) is 13.2. The third-order valence-corrected chi connectivity index (χ3v) is 4.41. The maximum atomic E-state index is 12.1. The summed E-state index contributed by atoms with van der Waals surface area (Å²) in [6.45, 7) is 4.12. The number of aliphatic carboxylic acids is 1. The van der Waals surface area contributed by atoms with Gasteiger partial charge < -0.3 is 10.2 Å². The van der Waals surface area contributed by atoms with Crippen LogP contribution in [0.15, 0.2) is 11.6 Å². The molecular weight excluding hydrogens is 268 g/mol. The highest BCUT2D eigenvalue weighted by Crippen LogP contribution is 2.32. The van der Waals surface area contributed by atoms with E-state index < -0.39 is 12.1 Å². The van der Waals surface area contributed by atoms with Gasteiger partial charge in [-0.3, -0.25) is 9.59 Å². The maximum absolute atomic E-state index is 12.1. The number of unbranched alkanes of at least 4 members (excludes halogenated alkanes) is 2. The molecule has 0 aromatic carbocycles. The van der Waals surface area contributed by atoms with E-state index in [1.54, 1.807) is 0 Å². The normalized spacial score (nSPS) is 22.9. The second kappa shape index (κ2) is 8.98. The Bertz CT molecular complexity index is 386. The van der Waals surface area contributed by atoms with E-state index in [4.69, 9.17) is 5.11 Å². The van der Waals surface area contributed by atoms with Crippen LogP contribution in [0.4, 0.5) is 0 Å². The highest BCUT2D eigenvalue weighted by molar-refractivity contribution is 5.80. The third-order valence-electron chi connectivity index (χ3n) is 4.41. The van der Waals surface area contributed by atoms with E-state index in [1.165, 1.54) is 0 Å². The average molecular weight is 296 g/mol.